The van der Waals surface area contributed by atoms with Crippen molar-refractivity contribution < 1.29 is 23.1 Å². The first-order valence-corrected chi connectivity index (χ1v) is 5.00. The van der Waals surface area contributed by atoms with Crippen molar-refractivity contribution in [2.45, 2.75) is 10.4 Å². The van der Waals surface area contributed by atoms with Gasteiger partial charge in [-0.15, -0.1) is 0 Å². The number of alkyl halides is 3. The zero-order chi connectivity index (χ0) is 12.2. The molecule has 0 aliphatic carbocycles. The number of carboxylic acids is 1. The maximum atomic E-state index is 12.0. The number of carboxylic acid groups (broad SMARTS) is 1. The van der Waals surface area contributed by atoms with E-state index in [9.17, 15) is 18.0 Å². The predicted molar refractivity (Wildman–Crippen MR) is 54.5 cm³/mol. The van der Waals surface area contributed by atoms with Crippen LogP contribution in [0.2, 0.25) is 0 Å². The minimum Gasteiger partial charge on any atom is -0.480 e. The Morgan fingerprint density at radius 3 is 2.31 bits per heavy atom. The molecule has 16 heavy (non-hydrogen) atoms. The summed E-state index contributed by atoms with van der Waals surface area (Å²) in [7, 11) is 0. The Hall–Kier alpha value is -1.37. The second-order valence-electron chi connectivity index (χ2n) is 2.82. The van der Waals surface area contributed by atoms with Crippen LogP contribution >= 0.6 is 11.8 Å². The number of carbonyl (C=O) groups is 1. The molecular weight excluding hydrogens is 243 g/mol. The normalized spacial score (nSPS) is 11.2. The predicted octanol–water partition coefficient (Wildman–Crippen LogP) is 2.80. The Balaban J connectivity index is 2.57. The van der Waals surface area contributed by atoms with Gasteiger partial charge in [-0.3, -0.25) is 4.79 Å². The Kier molecular flexibility index (Phi) is 4.05. The van der Waals surface area contributed by atoms with Gasteiger partial charge in [-0.2, -0.15) is 13.2 Å². The molecule has 0 unspecified atom stereocenters. The molecule has 0 fully saturated rings. The Morgan fingerprint density at radius 2 is 1.88 bits per heavy atom. The SMILES string of the molecule is O=C(O)CNc1ccc(SC(F)(F)F)cc1. The molecule has 0 heterocycles. The van der Waals surface area contributed by atoms with Crippen LogP contribution in [0.25, 0.3) is 0 Å². The van der Waals surface area contributed by atoms with Gasteiger partial charge in [-0.25, -0.2) is 0 Å². The summed E-state index contributed by atoms with van der Waals surface area (Å²) in [5.41, 5.74) is -3.84. The fraction of sp³-hybridized carbons (Fsp3) is 0.222. The molecule has 7 heteroatoms. The number of aliphatic carboxylic acids is 1. The highest BCUT2D eigenvalue weighted by molar-refractivity contribution is 8.00. The third kappa shape index (κ3) is 4.92. The van der Waals surface area contributed by atoms with Gasteiger partial charge in [0.05, 0.1) is 0 Å². The van der Waals surface area contributed by atoms with Crippen LogP contribution in [-0.4, -0.2) is 23.1 Å². The van der Waals surface area contributed by atoms with Crippen LogP contribution in [0.3, 0.4) is 0 Å². The van der Waals surface area contributed by atoms with Gasteiger partial charge in [0, 0.05) is 10.6 Å². The molecule has 0 aliphatic heterocycles. The lowest BCUT2D eigenvalue weighted by Crippen LogP contribution is -2.12. The molecule has 0 amide bonds. The second-order valence-corrected chi connectivity index (χ2v) is 3.96. The number of thioether (sulfide) groups is 1. The van der Waals surface area contributed by atoms with Crippen molar-refractivity contribution in [2.75, 3.05) is 11.9 Å². The molecule has 0 bridgehead atoms. The summed E-state index contributed by atoms with van der Waals surface area (Å²) >= 11 is -0.210. The van der Waals surface area contributed by atoms with E-state index >= 15 is 0 Å². The molecule has 1 rings (SSSR count). The first-order chi connectivity index (χ1) is 7.37. The zero-order valence-electron chi connectivity index (χ0n) is 7.91. The second kappa shape index (κ2) is 5.11. The van der Waals surface area contributed by atoms with Crippen LogP contribution in [0.5, 0.6) is 0 Å². The number of hydrogen-bond donors (Lipinski definition) is 2. The highest BCUT2D eigenvalue weighted by Gasteiger charge is 2.28. The zero-order valence-corrected chi connectivity index (χ0v) is 8.73. The standard InChI is InChI=1S/C9H8F3NO2S/c10-9(11,12)16-7-3-1-6(2-4-7)13-5-8(14)15/h1-4,13H,5H2,(H,14,15). The van der Waals surface area contributed by atoms with E-state index in [1.54, 1.807) is 0 Å². The molecule has 0 saturated heterocycles. The molecular formula is C9H8F3NO2S. The first kappa shape index (κ1) is 12.7. The summed E-state index contributed by atoms with van der Waals surface area (Å²) in [5, 5.41) is 10.9. The number of nitrogens with one attached hydrogen (secondary N) is 1. The van der Waals surface area contributed by atoms with Crippen LogP contribution < -0.4 is 5.32 Å². The number of anilines is 1. The molecule has 3 nitrogen and oxygen atoms in total. The fourth-order valence-corrected chi connectivity index (χ4v) is 1.49. The van der Waals surface area contributed by atoms with Crippen molar-refractivity contribution in [1.29, 1.82) is 0 Å². The third-order valence-corrected chi connectivity index (χ3v) is 2.27. The minimum absolute atomic E-state index is 0.0633. The van der Waals surface area contributed by atoms with Gasteiger partial charge in [0.1, 0.15) is 6.54 Å². The number of rotatable bonds is 4. The molecule has 0 saturated carbocycles. The molecule has 0 aliphatic rings. The molecule has 0 atom stereocenters. The summed E-state index contributed by atoms with van der Waals surface area (Å²) in [5.74, 6) is -1.03. The fourth-order valence-electron chi connectivity index (χ4n) is 0.952. The monoisotopic (exact) mass is 251 g/mol. The van der Waals surface area contributed by atoms with Crippen molar-refractivity contribution in [1.82, 2.24) is 0 Å². The van der Waals surface area contributed by atoms with Crippen LogP contribution in [0, 0.1) is 0 Å². The summed E-state index contributed by atoms with van der Waals surface area (Å²) in [4.78, 5) is 10.3. The average Bonchev–Trinajstić information content (AvgIpc) is 2.14. The molecule has 88 valence electrons. The van der Waals surface area contributed by atoms with Gasteiger partial charge < -0.3 is 10.4 Å². The Labute approximate surface area is 93.7 Å². The summed E-state index contributed by atoms with van der Waals surface area (Å²) in [6, 6.07) is 5.36. The molecule has 2 N–H and O–H groups in total. The quantitative estimate of drug-likeness (QED) is 0.808. The Morgan fingerprint density at radius 1 is 1.31 bits per heavy atom. The third-order valence-electron chi connectivity index (χ3n) is 1.53. The van der Waals surface area contributed by atoms with E-state index in [1.807, 2.05) is 0 Å². The lowest BCUT2D eigenvalue weighted by molar-refractivity contribution is -0.134. The van der Waals surface area contributed by atoms with Gasteiger partial charge >= 0.3 is 11.5 Å². The van der Waals surface area contributed by atoms with E-state index in [2.05, 4.69) is 5.32 Å². The van der Waals surface area contributed by atoms with Gasteiger partial charge in [0.15, 0.2) is 0 Å². The largest absolute Gasteiger partial charge is 0.480 e. The minimum atomic E-state index is -4.31. The van der Waals surface area contributed by atoms with Gasteiger partial charge in [0.2, 0.25) is 0 Å². The highest BCUT2D eigenvalue weighted by Crippen LogP contribution is 2.36. The summed E-state index contributed by atoms with van der Waals surface area (Å²) < 4.78 is 35.9. The number of benzene rings is 1. The van der Waals surface area contributed by atoms with Gasteiger partial charge in [-0.05, 0) is 36.0 Å². The molecule has 0 aromatic heterocycles. The van der Waals surface area contributed by atoms with Crippen molar-refractivity contribution in [2.24, 2.45) is 0 Å². The first-order valence-electron chi connectivity index (χ1n) is 4.18. The molecule has 0 radical (unpaired) electrons. The van der Waals surface area contributed by atoms with Gasteiger partial charge in [0.25, 0.3) is 0 Å². The smallest absolute Gasteiger partial charge is 0.446 e. The molecule has 0 spiro atoms. The van der Waals surface area contributed by atoms with Crippen molar-refractivity contribution in [3.8, 4) is 0 Å². The number of halogens is 3. The lowest BCUT2D eigenvalue weighted by atomic mass is 10.3. The van der Waals surface area contributed by atoms with Crippen LogP contribution in [0.15, 0.2) is 29.2 Å². The van der Waals surface area contributed by atoms with Crippen LogP contribution in [0.4, 0.5) is 18.9 Å². The molecule has 1 aromatic rings. The molecule has 1 aromatic carbocycles. The van der Waals surface area contributed by atoms with E-state index < -0.39 is 11.5 Å². The number of hydrogen-bond acceptors (Lipinski definition) is 3. The lowest BCUT2D eigenvalue weighted by Gasteiger charge is -2.07. The topological polar surface area (TPSA) is 49.3 Å². The van der Waals surface area contributed by atoms with E-state index in [4.69, 9.17) is 5.11 Å². The van der Waals surface area contributed by atoms with E-state index in [0.29, 0.717) is 5.69 Å². The van der Waals surface area contributed by atoms with E-state index in [1.165, 1.54) is 24.3 Å². The van der Waals surface area contributed by atoms with E-state index in [-0.39, 0.29) is 23.2 Å². The summed E-state index contributed by atoms with van der Waals surface area (Å²) in [6.45, 7) is -0.272. The highest BCUT2D eigenvalue weighted by atomic mass is 32.2. The van der Waals surface area contributed by atoms with Crippen LogP contribution in [-0.2, 0) is 4.79 Å². The van der Waals surface area contributed by atoms with E-state index in [0.717, 1.165) is 0 Å². The average molecular weight is 251 g/mol. The Bertz CT molecular complexity index is 364. The summed E-state index contributed by atoms with van der Waals surface area (Å²) in [6.07, 6.45) is 0. The van der Waals surface area contributed by atoms with Crippen molar-refractivity contribution in [3.63, 3.8) is 0 Å². The van der Waals surface area contributed by atoms with Crippen LogP contribution in [0.1, 0.15) is 0 Å². The van der Waals surface area contributed by atoms with Crippen molar-refractivity contribution >= 4 is 23.4 Å². The maximum Gasteiger partial charge on any atom is 0.446 e. The van der Waals surface area contributed by atoms with Crippen molar-refractivity contribution in [3.05, 3.63) is 24.3 Å². The van der Waals surface area contributed by atoms with Gasteiger partial charge in [-0.1, -0.05) is 0 Å². The maximum absolute atomic E-state index is 12.0.